The van der Waals surface area contributed by atoms with Crippen LogP contribution in [0.1, 0.15) is 24.4 Å². The minimum atomic E-state index is -3.68. The molecule has 0 aliphatic carbocycles. The normalized spacial score (nSPS) is 17.0. The Morgan fingerprint density at radius 2 is 1.85 bits per heavy atom. The summed E-state index contributed by atoms with van der Waals surface area (Å²) in [5.41, 5.74) is 1.20. The number of carbonyl (C=O) groups excluding carboxylic acids is 1. The lowest BCUT2D eigenvalue weighted by molar-refractivity contribution is 0.206. The van der Waals surface area contributed by atoms with E-state index in [4.69, 9.17) is 4.74 Å². The van der Waals surface area contributed by atoms with Crippen molar-refractivity contribution in [3.8, 4) is 5.75 Å². The molecule has 1 heterocycles. The Labute approximate surface area is 159 Å². The second-order valence-corrected chi connectivity index (χ2v) is 8.08. The molecule has 3 rings (SSSR count). The molecule has 0 unspecified atom stereocenters. The SMILES string of the molecule is CNS(=O)(=O)c1ccccc1NC(=O)N1CCC[C@H]1c1ccccc1OC. The molecule has 0 radical (unpaired) electrons. The van der Waals surface area contributed by atoms with Gasteiger partial charge in [-0.15, -0.1) is 0 Å². The third-order valence-electron chi connectivity index (χ3n) is 4.70. The van der Waals surface area contributed by atoms with Gasteiger partial charge in [0.1, 0.15) is 10.6 Å². The number of ether oxygens (including phenoxy) is 1. The summed E-state index contributed by atoms with van der Waals surface area (Å²) in [7, 11) is -0.730. The molecule has 2 N–H and O–H groups in total. The van der Waals surface area contributed by atoms with Gasteiger partial charge in [-0.3, -0.25) is 0 Å². The van der Waals surface area contributed by atoms with Crippen LogP contribution in [0.15, 0.2) is 53.4 Å². The van der Waals surface area contributed by atoms with Crippen LogP contribution in [-0.2, 0) is 10.0 Å². The van der Waals surface area contributed by atoms with Crippen molar-refractivity contribution in [2.45, 2.75) is 23.8 Å². The molecule has 7 nitrogen and oxygen atoms in total. The van der Waals surface area contributed by atoms with Crippen molar-refractivity contribution in [1.29, 1.82) is 0 Å². The number of anilines is 1. The molecule has 1 saturated heterocycles. The van der Waals surface area contributed by atoms with E-state index in [0.29, 0.717) is 6.54 Å². The van der Waals surface area contributed by atoms with Crippen molar-refractivity contribution in [2.75, 3.05) is 26.0 Å². The number of sulfonamides is 1. The van der Waals surface area contributed by atoms with E-state index >= 15 is 0 Å². The number of para-hydroxylation sites is 2. The fraction of sp³-hybridized carbons (Fsp3) is 0.316. The monoisotopic (exact) mass is 389 g/mol. The molecule has 27 heavy (non-hydrogen) atoms. The number of carbonyl (C=O) groups is 1. The molecule has 2 amide bonds. The smallest absolute Gasteiger partial charge is 0.322 e. The molecule has 2 aromatic carbocycles. The van der Waals surface area contributed by atoms with E-state index in [9.17, 15) is 13.2 Å². The summed E-state index contributed by atoms with van der Waals surface area (Å²) < 4.78 is 32.1. The van der Waals surface area contributed by atoms with Gasteiger partial charge in [0.25, 0.3) is 0 Å². The van der Waals surface area contributed by atoms with Crippen molar-refractivity contribution in [3.05, 3.63) is 54.1 Å². The quantitative estimate of drug-likeness (QED) is 0.823. The summed E-state index contributed by atoms with van der Waals surface area (Å²) in [4.78, 5) is 14.7. The summed E-state index contributed by atoms with van der Waals surface area (Å²) in [5.74, 6) is 0.736. The van der Waals surface area contributed by atoms with Gasteiger partial charge in [0.05, 0.1) is 18.8 Å². The van der Waals surface area contributed by atoms with Gasteiger partial charge in [-0.1, -0.05) is 30.3 Å². The van der Waals surface area contributed by atoms with Crippen LogP contribution in [0, 0.1) is 0 Å². The highest BCUT2D eigenvalue weighted by molar-refractivity contribution is 7.89. The van der Waals surface area contributed by atoms with Crippen LogP contribution in [0.3, 0.4) is 0 Å². The van der Waals surface area contributed by atoms with Crippen molar-refractivity contribution >= 4 is 21.7 Å². The predicted octanol–water partition coefficient (Wildman–Crippen LogP) is 2.97. The maximum atomic E-state index is 12.9. The Bertz CT molecular complexity index is 930. The number of nitrogens with one attached hydrogen (secondary N) is 2. The first kappa shape index (κ1) is 19.2. The van der Waals surface area contributed by atoms with E-state index in [1.54, 1.807) is 30.2 Å². The second kappa shape index (κ2) is 7.98. The first-order chi connectivity index (χ1) is 13.0. The van der Waals surface area contributed by atoms with Crippen molar-refractivity contribution in [3.63, 3.8) is 0 Å². The molecule has 1 fully saturated rings. The van der Waals surface area contributed by atoms with Crippen LogP contribution < -0.4 is 14.8 Å². The van der Waals surface area contributed by atoms with Crippen LogP contribution in [-0.4, -0.2) is 40.1 Å². The van der Waals surface area contributed by atoms with E-state index in [1.807, 2.05) is 24.3 Å². The van der Waals surface area contributed by atoms with Gasteiger partial charge in [-0.05, 0) is 38.1 Å². The molecule has 1 aliphatic heterocycles. The first-order valence-corrected chi connectivity index (χ1v) is 10.2. The molecule has 0 saturated carbocycles. The van der Waals surface area contributed by atoms with Gasteiger partial charge in [-0.25, -0.2) is 17.9 Å². The standard InChI is InChI=1S/C19H23N3O4S/c1-20-27(24,25)18-12-6-4-9-15(18)21-19(23)22-13-7-10-16(22)14-8-3-5-11-17(14)26-2/h3-6,8-9,11-12,16,20H,7,10,13H2,1-2H3,(H,21,23)/t16-/m0/s1. The summed E-state index contributed by atoms with van der Waals surface area (Å²) >= 11 is 0. The van der Waals surface area contributed by atoms with Gasteiger partial charge in [0, 0.05) is 12.1 Å². The maximum absolute atomic E-state index is 12.9. The summed E-state index contributed by atoms with van der Waals surface area (Å²) in [6.07, 6.45) is 1.69. The number of rotatable bonds is 5. The molecule has 0 aromatic heterocycles. The highest BCUT2D eigenvalue weighted by Gasteiger charge is 2.32. The number of hydrogen-bond donors (Lipinski definition) is 2. The highest BCUT2D eigenvalue weighted by atomic mass is 32.2. The van der Waals surface area contributed by atoms with Crippen LogP contribution in [0.5, 0.6) is 5.75 Å². The van der Waals surface area contributed by atoms with Crippen molar-refractivity contribution in [1.82, 2.24) is 9.62 Å². The minimum absolute atomic E-state index is 0.0360. The molecule has 1 aliphatic rings. The van der Waals surface area contributed by atoms with Crippen LogP contribution in [0.2, 0.25) is 0 Å². The van der Waals surface area contributed by atoms with Gasteiger partial charge < -0.3 is 15.0 Å². The number of nitrogens with zero attached hydrogens (tertiary/aromatic N) is 1. The van der Waals surface area contributed by atoms with E-state index < -0.39 is 10.0 Å². The second-order valence-electron chi connectivity index (χ2n) is 6.23. The zero-order valence-corrected chi connectivity index (χ0v) is 16.1. The number of amides is 2. The number of hydrogen-bond acceptors (Lipinski definition) is 4. The van der Waals surface area contributed by atoms with E-state index in [1.165, 1.54) is 13.1 Å². The molecular weight excluding hydrogens is 366 g/mol. The first-order valence-electron chi connectivity index (χ1n) is 8.71. The maximum Gasteiger partial charge on any atom is 0.322 e. The van der Waals surface area contributed by atoms with Gasteiger partial charge >= 0.3 is 6.03 Å². The van der Waals surface area contributed by atoms with Crippen LogP contribution >= 0.6 is 0 Å². The largest absolute Gasteiger partial charge is 0.496 e. The molecule has 8 heteroatoms. The highest BCUT2D eigenvalue weighted by Crippen LogP contribution is 2.37. The average Bonchev–Trinajstić information content (AvgIpc) is 3.18. The van der Waals surface area contributed by atoms with Crippen LogP contribution in [0.4, 0.5) is 10.5 Å². The van der Waals surface area contributed by atoms with E-state index in [2.05, 4.69) is 10.0 Å². The number of urea groups is 1. The fourth-order valence-electron chi connectivity index (χ4n) is 3.38. The molecule has 144 valence electrons. The van der Waals surface area contributed by atoms with E-state index in [-0.39, 0.29) is 22.7 Å². The van der Waals surface area contributed by atoms with Crippen LogP contribution in [0.25, 0.3) is 0 Å². The molecule has 0 spiro atoms. The average molecular weight is 389 g/mol. The predicted molar refractivity (Wildman–Crippen MR) is 103 cm³/mol. The summed E-state index contributed by atoms with van der Waals surface area (Å²) in [6, 6.07) is 13.5. The number of benzene rings is 2. The molecular formula is C19H23N3O4S. The minimum Gasteiger partial charge on any atom is -0.496 e. The Hall–Kier alpha value is -2.58. The van der Waals surface area contributed by atoms with Gasteiger partial charge in [-0.2, -0.15) is 0 Å². The lowest BCUT2D eigenvalue weighted by Crippen LogP contribution is -2.35. The number of likely N-dealkylation sites (tertiary alicyclic amines) is 1. The third-order valence-corrected chi connectivity index (χ3v) is 6.17. The van der Waals surface area contributed by atoms with Gasteiger partial charge in [0.15, 0.2) is 0 Å². The lowest BCUT2D eigenvalue weighted by atomic mass is 10.0. The topological polar surface area (TPSA) is 87.7 Å². The Morgan fingerprint density at radius 3 is 2.59 bits per heavy atom. The Morgan fingerprint density at radius 1 is 1.15 bits per heavy atom. The summed E-state index contributed by atoms with van der Waals surface area (Å²) in [6.45, 7) is 0.593. The van der Waals surface area contributed by atoms with Gasteiger partial charge in [0.2, 0.25) is 10.0 Å². The fourth-order valence-corrected chi connectivity index (χ4v) is 4.26. The number of methoxy groups -OCH3 is 1. The van der Waals surface area contributed by atoms with E-state index in [0.717, 1.165) is 24.2 Å². The summed E-state index contributed by atoms with van der Waals surface area (Å²) in [5, 5.41) is 2.76. The zero-order chi connectivity index (χ0) is 19.4. The Kier molecular flexibility index (Phi) is 5.67. The Balaban J connectivity index is 1.87. The lowest BCUT2D eigenvalue weighted by Gasteiger charge is -2.27. The third kappa shape index (κ3) is 3.91. The zero-order valence-electron chi connectivity index (χ0n) is 15.3. The van der Waals surface area contributed by atoms with Crippen molar-refractivity contribution in [2.24, 2.45) is 0 Å². The van der Waals surface area contributed by atoms with Crippen molar-refractivity contribution < 1.29 is 17.9 Å². The molecule has 2 aromatic rings. The molecule has 0 bridgehead atoms. The molecule has 1 atom stereocenters.